The third-order valence-corrected chi connectivity index (χ3v) is 7.72. The fraction of sp³-hybridized carbons (Fsp3) is 0.462. The smallest absolute Gasteiger partial charge is 0.870 e. The van der Waals surface area contributed by atoms with E-state index in [1.54, 1.807) is 0 Å². The van der Waals surface area contributed by atoms with E-state index in [9.17, 15) is 0 Å². The number of aromatic nitrogens is 2. The Hall–Kier alpha value is -2.98. The number of benzene rings is 2. The number of nitrogens with zero attached hydrogens (tertiary/aromatic N) is 6. The van der Waals surface area contributed by atoms with Gasteiger partial charge in [-0.15, -0.1) is 17.1 Å². The average Bonchev–Trinajstić information content (AvgIpc) is 3.42. The van der Waals surface area contributed by atoms with Crippen molar-refractivity contribution in [3.05, 3.63) is 110 Å². The van der Waals surface area contributed by atoms with Crippen molar-refractivity contribution in [3.63, 3.8) is 0 Å². The Labute approximate surface area is 310 Å². The van der Waals surface area contributed by atoms with E-state index in [1.807, 2.05) is 45.9 Å². The van der Waals surface area contributed by atoms with Gasteiger partial charge in [-0.05, 0) is 37.5 Å². The van der Waals surface area contributed by atoms with E-state index in [4.69, 9.17) is 20.6 Å². The standard InChI is InChI=1S/C39H53N6.2Ni.H2O/c1-24(2)34-15-13-16-35(25(3)4)38(34)42-30(11)19-28(9)40-22-32-21-33(45-44-32)23-41-29(10)20-31(12)43-39-36(26(5)6)17-14-18-37(39)27(7)8;;;/h13-21,24-27H,22-23H2,1-12H3;;;1H2/q-3;2*+2;/p-1/b30-19-,31-20-,40-28?,41-29?;;;. The molecule has 0 saturated heterocycles. The molecule has 48 heavy (non-hydrogen) atoms. The van der Waals surface area contributed by atoms with Gasteiger partial charge in [0.1, 0.15) is 0 Å². The molecule has 0 bridgehead atoms. The molecule has 0 atom stereocenters. The summed E-state index contributed by atoms with van der Waals surface area (Å²) in [5, 5.41) is 18.7. The molecule has 0 aliphatic carbocycles. The number of para-hydroxylation sites is 2. The molecule has 0 spiro atoms. The van der Waals surface area contributed by atoms with E-state index in [2.05, 4.69) is 102 Å². The number of aliphatic imine (C=N–C) groups is 2. The molecule has 1 aromatic heterocycles. The topological polar surface area (TPSA) is 110 Å². The normalized spacial score (nSPS) is 12.7. The van der Waals surface area contributed by atoms with Gasteiger partial charge in [0.2, 0.25) is 0 Å². The number of rotatable bonds is 14. The third-order valence-electron chi connectivity index (χ3n) is 7.72. The molecule has 0 amide bonds. The molecule has 9 heteroatoms. The van der Waals surface area contributed by atoms with Gasteiger partial charge in [0.05, 0.1) is 6.54 Å². The summed E-state index contributed by atoms with van der Waals surface area (Å²) in [5.74, 6) is 1.62. The number of allylic oxidation sites excluding steroid dienone is 4. The van der Waals surface area contributed by atoms with E-state index < -0.39 is 0 Å². The van der Waals surface area contributed by atoms with Crippen LogP contribution in [0.3, 0.4) is 0 Å². The fourth-order valence-corrected chi connectivity index (χ4v) is 5.34. The molecule has 0 saturated carbocycles. The van der Waals surface area contributed by atoms with Crippen LogP contribution in [0.15, 0.2) is 76.0 Å². The van der Waals surface area contributed by atoms with Crippen LogP contribution in [-0.2, 0) is 46.1 Å². The van der Waals surface area contributed by atoms with Gasteiger partial charge in [-0.3, -0.25) is 9.98 Å². The molecule has 0 unspecified atom stereocenters. The SMILES string of the molecule is CC(/C=C(/C)[N-]c1c(C(C)C)cccc1C(C)C)=NCc1cc(CN=C(C)/C=C(/C)[N-]c2c(C(C)C)cccc2C(C)C)[n-]n1.[Ni+2].[Ni+2].[OH-]. The van der Waals surface area contributed by atoms with E-state index in [0.717, 1.165) is 45.6 Å². The second-order valence-electron chi connectivity index (χ2n) is 13.2. The van der Waals surface area contributed by atoms with Crippen LogP contribution in [0.4, 0.5) is 11.4 Å². The summed E-state index contributed by atoms with van der Waals surface area (Å²) in [7, 11) is 0. The first-order chi connectivity index (χ1) is 21.3. The van der Waals surface area contributed by atoms with Crippen molar-refractivity contribution in [2.75, 3.05) is 0 Å². The van der Waals surface area contributed by atoms with Gasteiger partial charge in [-0.25, -0.2) is 0 Å². The summed E-state index contributed by atoms with van der Waals surface area (Å²) < 4.78 is 0. The van der Waals surface area contributed by atoms with Gasteiger partial charge in [-0.1, -0.05) is 146 Å². The van der Waals surface area contributed by atoms with Crippen LogP contribution in [-0.4, -0.2) is 22.0 Å². The first-order valence-electron chi connectivity index (χ1n) is 16.3. The zero-order valence-corrected chi connectivity index (χ0v) is 32.7. The number of hydrogen-bond acceptors (Lipinski definition) is 4. The van der Waals surface area contributed by atoms with Crippen LogP contribution < -0.4 is 5.10 Å². The molecule has 1 heterocycles. The maximum atomic E-state index is 5.03. The van der Waals surface area contributed by atoms with Gasteiger partial charge in [0.15, 0.2) is 0 Å². The van der Waals surface area contributed by atoms with Crippen LogP contribution >= 0.6 is 0 Å². The fourth-order valence-electron chi connectivity index (χ4n) is 5.34. The summed E-state index contributed by atoms with van der Waals surface area (Å²) in [6.07, 6.45) is 4.07. The Bertz CT molecular complexity index is 1400. The van der Waals surface area contributed by atoms with Crippen LogP contribution in [0.5, 0.6) is 0 Å². The van der Waals surface area contributed by atoms with Crippen molar-refractivity contribution in [2.45, 2.75) is 120 Å². The second kappa shape index (κ2) is 21.2. The second-order valence-corrected chi connectivity index (χ2v) is 13.2. The molecule has 0 radical (unpaired) electrons. The summed E-state index contributed by atoms with van der Waals surface area (Å²) in [6.45, 7) is 26.8. The van der Waals surface area contributed by atoms with E-state index in [0.29, 0.717) is 36.8 Å². The molecule has 266 valence electrons. The van der Waals surface area contributed by atoms with Crippen molar-refractivity contribution in [1.82, 2.24) is 10.2 Å². The van der Waals surface area contributed by atoms with Crippen molar-refractivity contribution < 1.29 is 38.5 Å². The van der Waals surface area contributed by atoms with Crippen LogP contribution in [0.25, 0.3) is 10.6 Å². The summed E-state index contributed by atoms with van der Waals surface area (Å²) in [5.41, 5.74) is 12.6. The largest absolute Gasteiger partial charge is 2.00 e. The van der Waals surface area contributed by atoms with Crippen LogP contribution in [0.1, 0.15) is 140 Å². The average molecular weight is 740 g/mol. The van der Waals surface area contributed by atoms with Crippen molar-refractivity contribution in [1.29, 1.82) is 0 Å². The minimum absolute atomic E-state index is 0. The monoisotopic (exact) mass is 738 g/mol. The van der Waals surface area contributed by atoms with Gasteiger partial charge < -0.3 is 26.3 Å². The maximum absolute atomic E-state index is 5.03. The molecule has 0 fully saturated rings. The van der Waals surface area contributed by atoms with Crippen molar-refractivity contribution in [3.8, 4) is 0 Å². The van der Waals surface area contributed by atoms with Gasteiger partial charge in [-0.2, -0.15) is 11.4 Å². The number of hydrogen-bond donors (Lipinski definition) is 0. The quantitative estimate of drug-likeness (QED) is 0.121. The molecular weight excluding hydrogens is 686 g/mol. The van der Waals surface area contributed by atoms with Gasteiger partial charge >= 0.3 is 33.0 Å². The predicted octanol–water partition coefficient (Wildman–Crippen LogP) is 11.5. The summed E-state index contributed by atoms with van der Waals surface area (Å²) in [4.78, 5) is 9.48. The molecule has 0 aliphatic rings. The predicted molar refractivity (Wildman–Crippen MR) is 196 cm³/mol. The molecule has 7 nitrogen and oxygen atoms in total. The Morgan fingerprint density at radius 1 is 0.646 bits per heavy atom. The zero-order chi connectivity index (χ0) is 33.3. The van der Waals surface area contributed by atoms with E-state index >= 15 is 0 Å². The molecule has 1 N–H and O–H groups in total. The Kier molecular flexibility index (Phi) is 19.9. The Morgan fingerprint density at radius 3 is 1.35 bits per heavy atom. The summed E-state index contributed by atoms with van der Waals surface area (Å²) >= 11 is 0. The summed E-state index contributed by atoms with van der Waals surface area (Å²) in [6, 6.07) is 15.0. The molecular formula is C39H54N6Ni2O. The maximum Gasteiger partial charge on any atom is 2.00 e. The zero-order valence-electron chi connectivity index (χ0n) is 30.7. The Balaban J connectivity index is 0.00000736. The molecule has 3 aromatic rings. The first kappa shape index (κ1) is 45.0. The minimum atomic E-state index is 0. The van der Waals surface area contributed by atoms with Crippen LogP contribution in [0.2, 0.25) is 0 Å². The Morgan fingerprint density at radius 2 is 1.00 bits per heavy atom. The first-order valence-corrected chi connectivity index (χ1v) is 16.3. The van der Waals surface area contributed by atoms with E-state index in [1.165, 1.54) is 22.3 Å². The molecule has 2 aromatic carbocycles. The third kappa shape index (κ3) is 13.1. The molecule has 0 aliphatic heterocycles. The minimum Gasteiger partial charge on any atom is -0.870 e. The van der Waals surface area contributed by atoms with Crippen molar-refractivity contribution >= 4 is 22.8 Å². The van der Waals surface area contributed by atoms with Crippen molar-refractivity contribution in [2.24, 2.45) is 9.98 Å². The van der Waals surface area contributed by atoms with Gasteiger partial charge in [0.25, 0.3) is 0 Å². The molecule has 3 rings (SSSR count). The van der Waals surface area contributed by atoms with E-state index in [-0.39, 0.29) is 38.5 Å². The van der Waals surface area contributed by atoms with Gasteiger partial charge in [0, 0.05) is 23.7 Å². The van der Waals surface area contributed by atoms with Crippen LogP contribution in [0, 0.1) is 0 Å².